The number of pyridine rings is 1. The van der Waals surface area contributed by atoms with Crippen LogP contribution < -0.4 is 15.6 Å². The highest BCUT2D eigenvalue weighted by molar-refractivity contribution is 6.36. The summed E-state index contributed by atoms with van der Waals surface area (Å²) < 4.78 is 45.3. The van der Waals surface area contributed by atoms with E-state index < -0.39 is 35.0 Å². The van der Waals surface area contributed by atoms with Crippen LogP contribution in [0, 0.1) is 6.92 Å². The Morgan fingerprint density at radius 1 is 1.26 bits per heavy atom. The number of aliphatic hydroxyl groups is 1. The number of hydrogen-bond donors (Lipinski definition) is 3. The van der Waals surface area contributed by atoms with Gasteiger partial charge in [-0.15, -0.1) is 0 Å². The summed E-state index contributed by atoms with van der Waals surface area (Å²) in [5.74, 6) is -0.477. The van der Waals surface area contributed by atoms with Crippen molar-refractivity contribution in [3.63, 3.8) is 0 Å². The van der Waals surface area contributed by atoms with E-state index in [4.69, 9.17) is 27.9 Å². The van der Waals surface area contributed by atoms with E-state index in [9.17, 15) is 27.9 Å². The minimum atomic E-state index is -4.90. The van der Waals surface area contributed by atoms with E-state index in [1.54, 1.807) is 24.0 Å². The normalized spacial score (nSPS) is 16.3. The highest BCUT2D eigenvalue weighted by Gasteiger charge is 2.36. The first kappa shape index (κ1) is 26.3. The molecule has 0 bridgehead atoms. The van der Waals surface area contributed by atoms with Crippen molar-refractivity contribution in [2.24, 2.45) is 0 Å². The van der Waals surface area contributed by atoms with Crippen molar-refractivity contribution in [1.82, 2.24) is 15.2 Å². The lowest BCUT2D eigenvalue weighted by Gasteiger charge is -2.33. The highest BCUT2D eigenvalue weighted by atomic mass is 35.5. The molecule has 0 radical (unpaired) electrons. The topological polar surface area (TPSA) is 94.7 Å². The molecule has 1 aliphatic rings. The number of aliphatic hydroxyl groups excluding tert-OH is 1. The first-order valence-electron chi connectivity index (χ1n) is 10.6. The fourth-order valence-corrected chi connectivity index (χ4v) is 4.09. The van der Waals surface area contributed by atoms with Crippen molar-refractivity contribution in [2.45, 2.75) is 38.1 Å². The maximum atomic E-state index is 13.1. The number of aromatic nitrogens is 1. The molecule has 2 aromatic rings. The molecule has 7 nitrogen and oxygen atoms in total. The van der Waals surface area contributed by atoms with Gasteiger partial charge in [0.25, 0.3) is 5.91 Å². The molecule has 1 aliphatic heterocycles. The summed E-state index contributed by atoms with van der Waals surface area (Å²) in [5.41, 5.74) is -2.36. The Bertz CT molecular complexity index is 1090. The average molecular weight is 522 g/mol. The largest absolute Gasteiger partial charge is 0.489 e. The Balaban J connectivity index is 1.47. The lowest BCUT2D eigenvalue weighted by molar-refractivity contribution is -0.141. The van der Waals surface area contributed by atoms with Crippen molar-refractivity contribution in [3.8, 4) is 5.75 Å². The number of ether oxygens (including phenoxy) is 1. The Morgan fingerprint density at radius 2 is 1.94 bits per heavy atom. The molecule has 1 atom stereocenters. The highest BCUT2D eigenvalue weighted by Crippen LogP contribution is 2.34. The lowest BCUT2D eigenvalue weighted by atomic mass is 10.1. The molecule has 1 aromatic carbocycles. The van der Waals surface area contributed by atoms with E-state index in [1.807, 2.05) is 4.90 Å². The predicted octanol–water partition coefficient (Wildman–Crippen LogP) is 3.64. The molecule has 1 amide bonds. The molecule has 186 valence electrons. The van der Waals surface area contributed by atoms with Crippen LogP contribution >= 0.6 is 23.2 Å². The van der Waals surface area contributed by atoms with Gasteiger partial charge in [0.2, 0.25) is 5.56 Å². The molecule has 3 rings (SSSR count). The number of aromatic amines is 1. The van der Waals surface area contributed by atoms with Gasteiger partial charge in [0.1, 0.15) is 17.5 Å². The summed E-state index contributed by atoms with van der Waals surface area (Å²) in [7, 11) is 0. The summed E-state index contributed by atoms with van der Waals surface area (Å²) >= 11 is 12.3. The van der Waals surface area contributed by atoms with Crippen LogP contribution in [0.4, 0.5) is 13.2 Å². The molecule has 1 saturated heterocycles. The number of alkyl halides is 3. The molecule has 12 heteroatoms. The van der Waals surface area contributed by atoms with Crippen molar-refractivity contribution in [3.05, 3.63) is 61.5 Å². The molecule has 0 aliphatic carbocycles. The molecular weight excluding hydrogens is 498 g/mol. The smallest absolute Gasteiger partial charge is 0.432 e. The molecule has 34 heavy (non-hydrogen) atoms. The van der Waals surface area contributed by atoms with Crippen molar-refractivity contribution in [2.75, 3.05) is 26.2 Å². The van der Waals surface area contributed by atoms with Gasteiger partial charge in [-0.1, -0.05) is 23.2 Å². The van der Waals surface area contributed by atoms with E-state index in [1.165, 1.54) is 0 Å². The number of β-amino-alcohol motifs (C(OH)–C–C–N with tert-alkyl or cyclic N) is 1. The number of halogens is 5. The zero-order valence-corrected chi connectivity index (χ0v) is 19.7. The molecule has 0 spiro atoms. The van der Waals surface area contributed by atoms with E-state index in [2.05, 4.69) is 5.32 Å². The second-order valence-corrected chi connectivity index (χ2v) is 8.86. The molecular formula is C22H24Cl2F3N3O4. The third kappa shape index (κ3) is 6.65. The number of H-pyrrole nitrogens is 1. The first-order valence-corrected chi connectivity index (χ1v) is 11.3. The van der Waals surface area contributed by atoms with E-state index in [0.717, 1.165) is 17.7 Å². The molecule has 2 heterocycles. The van der Waals surface area contributed by atoms with Crippen molar-refractivity contribution in [1.29, 1.82) is 0 Å². The quantitative estimate of drug-likeness (QED) is 0.517. The van der Waals surface area contributed by atoms with Gasteiger partial charge in [-0.25, -0.2) is 0 Å². The zero-order valence-electron chi connectivity index (χ0n) is 18.2. The van der Waals surface area contributed by atoms with Gasteiger partial charge >= 0.3 is 6.18 Å². The van der Waals surface area contributed by atoms with Crippen LogP contribution in [0.1, 0.15) is 34.5 Å². The minimum Gasteiger partial charge on any atom is -0.489 e. The Kier molecular flexibility index (Phi) is 8.51. The number of carbonyl (C=O) groups excluding carboxylic acids is 1. The number of nitrogens with zero attached hydrogens (tertiary/aromatic N) is 1. The Morgan fingerprint density at radius 3 is 2.59 bits per heavy atom. The van der Waals surface area contributed by atoms with Gasteiger partial charge in [0.05, 0.1) is 16.7 Å². The second kappa shape index (κ2) is 11.0. The number of carbonyl (C=O) groups is 1. The number of rotatable bonds is 7. The third-order valence-corrected chi connectivity index (χ3v) is 6.41. The average Bonchev–Trinajstić information content (AvgIpc) is 2.78. The molecule has 1 unspecified atom stereocenters. The van der Waals surface area contributed by atoms with Gasteiger partial charge in [-0.2, -0.15) is 13.2 Å². The summed E-state index contributed by atoms with van der Waals surface area (Å²) in [5, 5.41) is 13.6. The molecule has 1 aromatic heterocycles. The van der Waals surface area contributed by atoms with E-state index in [0.29, 0.717) is 41.7 Å². The maximum absolute atomic E-state index is 13.1. The second-order valence-electron chi connectivity index (χ2n) is 8.08. The number of likely N-dealkylation sites (tertiary alicyclic amines) is 1. The van der Waals surface area contributed by atoms with Gasteiger partial charge < -0.3 is 25.0 Å². The van der Waals surface area contributed by atoms with E-state index in [-0.39, 0.29) is 19.2 Å². The maximum Gasteiger partial charge on any atom is 0.432 e. The first-order chi connectivity index (χ1) is 16.0. The number of benzene rings is 1. The Labute approximate surface area is 203 Å². The summed E-state index contributed by atoms with van der Waals surface area (Å²) in [6.07, 6.45) is -4.58. The standard InChI is InChI=1S/C22H24Cl2F3N3O4/c1-12-16(23)3-4-17(19(12)24)34-14-6-8-30(9-7-14)11-13(31)10-28-21(33)15-2-5-18(32)29-20(15)22(25,26)27/h2-5,13-14,31H,6-11H2,1H3,(H,28,33)(H,29,32). The SMILES string of the molecule is Cc1c(Cl)ccc(OC2CCN(CC(O)CNC(=O)c3ccc(=O)[nH]c3C(F)(F)F)CC2)c1Cl. The van der Waals surface area contributed by atoms with Crippen molar-refractivity contribution < 1.29 is 27.8 Å². The molecule has 0 saturated carbocycles. The lowest BCUT2D eigenvalue weighted by Crippen LogP contribution is -2.45. The van der Waals surface area contributed by atoms with Crippen LogP contribution in [0.3, 0.4) is 0 Å². The summed E-state index contributed by atoms with van der Waals surface area (Å²) in [6, 6.07) is 5.10. The fraction of sp³-hybridized carbons (Fsp3) is 0.455. The van der Waals surface area contributed by atoms with Gasteiger partial charge in [-0.3, -0.25) is 9.59 Å². The van der Waals surface area contributed by atoms with Gasteiger partial charge in [0, 0.05) is 37.3 Å². The van der Waals surface area contributed by atoms with Crippen LogP contribution in [0.2, 0.25) is 10.0 Å². The number of nitrogens with one attached hydrogen (secondary N) is 2. The predicted molar refractivity (Wildman–Crippen MR) is 122 cm³/mol. The van der Waals surface area contributed by atoms with Crippen LogP contribution in [0.25, 0.3) is 0 Å². The minimum absolute atomic E-state index is 0.0628. The van der Waals surface area contributed by atoms with E-state index >= 15 is 0 Å². The number of piperidine rings is 1. The fourth-order valence-electron chi connectivity index (χ4n) is 3.67. The van der Waals surface area contributed by atoms with Crippen LogP contribution in [-0.4, -0.2) is 59.3 Å². The molecule has 1 fully saturated rings. The van der Waals surface area contributed by atoms with Crippen molar-refractivity contribution >= 4 is 29.1 Å². The monoisotopic (exact) mass is 521 g/mol. The van der Waals surface area contributed by atoms with Gasteiger partial charge in [-0.05, 0) is 43.5 Å². The number of amides is 1. The summed E-state index contributed by atoms with van der Waals surface area (Å²) in [6.45, 7) is 3.04. The van der Waals surface area contributed by atoms with Crippen LogP contribution in [-0.2, 0) is 6.18 Å². The molecule has 3 N–H and O–H groups in total. The van der Waals surface area contributed by atoms with Crippen LogP contribution in [0.5, 0.6) is 5.75 Å². The Hall–Kier alpha value is -2.27. The summed E-state index contributed by atoms with van der Waals surface area (Å²) in [4.78, 5) is 27.1. The number of hydrogen-bond acceptors (Lipinski definition) is 5. The third-order valence-electron chi connectivity index (χ3n) is 5.53. The van der Waals surface area contributed by atoms with Gasteiger partial charge in [0.15, 0.2) is 0 Å². The zero-order chi connectivity index (χ0) is 25.0. The van der Waals surface area contributed by atoms with Crippen LogP contribution in [0.15, 0.2) is 29.1 Å².